The second kappa shape index (κ2) is 9.01. The van der Waals surface area contributed by atoms with Crippen LogP contribution in [0.3, 0.4) is 0 Å². The Hall–Kier alpha value is -1.03. The van der Waals surface area contributed by atoms with Gasteiger partial charge in [-0.05, 0) is 34.9 Å². The van der Waals surface area contributed by atoms with Gasteiger partial charge in [-0.1, -0.05) is 42.5 Å². The second-order valence-electron chi connectivity index (χ2n) is 4.69. The Labute approximate surface area is 125 Å². The number of hydrogen-bond donors (Lipinski definition) is 1. The number of thioether (sulfide) groups is 1. The summed E-state index contributed by atoms with van der Waals surface area (Å²) in [5, 5.41) is 11.3. The van der Waals surface area contributed by atoms with E-state index < -0.39 is 0 Å². The second-order valence-corrected chi connectivity index (χ2v) is 5.91. The normalized spacial score (nSPS) is 11.1. The van der Waals surface area contributed by atoms with Crippen molar-refractivity contribution in [2.24, 2.45) is 0 Å². The highest BCUT2D eigenvalue weighted by Gasteiger charge is 2.00. The van der Waals surface area contributed by atoms with Gasteiger partial charge in [0.2, 0.25) is 0 Å². The average Bonchev–Trinajstić information content (AvgIpc) is 2.50. The highest BCUT2D eigenvalue weighted by atomic mass is 32.2. The summed E-state index contributed by atoms with van der Waals surface area (Å²) in [7, 11) is 0. The molecule has 0 amide bonds. The fraction of sp³-hybridized carbons (Fsp3) is 0.412. The lowest BCUT2D eigenvalue weighted by Gasteiger charge is -2.07. The molecule has 2 aromatic rings. The molecule has 20 heavy (non-hydrogen) atoms. The van der Waals surface area contributed by atoms with E-state index in [4.69, 9.17) is 9.84 Å². The minimum Gasteiger partial charge on any atom is -0.396 e. The van der Waals surface area contributed by atoms with Crippen molar-refractivity contribution in [2.75, 3.05) is 31.3 Å². The maximum absolute atomic E-state index is 8.68. The molecule has 0 bridgehead atoms. The van der Waals surface area contributed by atoms with Crippen molar-refractivity contribution < 1.29 is 9.84 Å². The number of hydrogen-bond acceptors (Lipinski definition) is 3. The highest BCUT2D eigenvalue weighted by Crippen LogP contribution is 2.18. The van der Waals surface area contributed by atoms with Crippen LogP contribution in [-0.4, -0.2) is 36.4 Å². The van der Waals surface area contributed by atoms with Crippen molar-refractivity contribution in [3.05, 3.63) is 48.0 Å². The minimum absolute atomic E-state index is 0.287. The topological polar surface area (TPSA) is 29.5 Å². The van der Waals surface area contributed by atoms with Crippen LogP contribution in [0, 0.1) is 0 Å². The predicted octanol–water partition coefficient (Wildman–Crippen LogP) is 3.51. The third kappa shape index (κ3) is 4.82. The molecule has 0 heterocycles. The first kappa shape index (κ1) is 15.4. The van der Waals surface area contributed by atoms with Gasteiger partial charge >= 0.3 is 0 Å². The van der Waals surface area contributed by atoms with E-state index in [1.54, 1.807) is 0 Å². The van der Waals surface area contributed by atoms with Crippen LogP contribution in [0.4, 0.5) is 0 Å². The lowest BCUT2D eigenvalue weighted by molar-refractivity contribution is 0.153. The van der Waals surface area contributed by atoms with Gasteiger partial charge < -0.3 is 9.84 Å². The van der Waals surface area contributed by atoms with Crippen LogP contribution >= 0.6 is 11.8 Å². The van der Waals surface area contributed by atoms with Gasteiger partial charge in [0.05, 0.1) is 13.2 Å². The van der Waals surface area contributed by atoms with Crippen LogP contribution in [0.5, 0.6) is 0 Å². The van der Waals surface area contributed by atoms with E-state index >= 15 is 0 Å². The van der Waals surface area contributed by atoms with Gasteiger partial charge in [-0.3, -0.25) is 0 Å². The van der Waals surface area contributed by atoms with Crippen molar-refractivity contribution in [3.8, 4) is 0 Å². The smallest absolute Gasteiger partial charge is 0.0556 e. The van der Waals surface area contributed by atoms with E-state index in [0.717, 1.165) is 37.6 Å². The maximum atomic E-state index is 8.68. The molecule has 0 aliphatic carbocycles. The molecule has 0 radical (unpaired) electrons. The molecule has 108 valence electrons. The zero-order valence-electron chi connectivity index (χ0n) is 11.8. The molecule has 2 nitrogen and oxygen atoms in total. The monoisotopic (exact) mass is 290 g/mol. The van der Waals surface area contributed by atoms with E-state index in [1.807, 2.05) is 11.8 Å². The zero-order chi connectivity index (χ0) is 14.0. The number of aliphatic hydroxyl groups excluding tert-OH is 1. The first-order valence-electron chi connectivity index (χ1n) is 7.15. The molecule has 0 atom stereocenters. The van der Waals surface area contributed by atoms with Crippen LogP contribution < -0.4 is 0 Å². The third-order valence-electron chi connectivity index (χ3n) is 3.21. The Bertz CT molecular complexity index is 508. The lowest BCUT2D eigenvalue weighted by Crippen LogP contribution is -2.03. The van der Waals surface area contributed by atoms with Crippen LogP contribution in [0.1, 0.15) is 12.0 Å². The van der Waals surface area contributed by atoms with E-state index in [0.29, 0.717) is 0 Å². The van der Waals surface area contributed by atoms with Crippen molar-refractivity contribution >= 4 is 22.5 Å². The van der Waals surface area contributed by atoms with Gasteiger partial charge in [0, 0.05) is 12.4 Å². The van der Waals surface area contributed by atoms with E-state index in [2.05, 4.69) is 42.5 Å². The Kier molecular flexibility index (Phi) is 6.92. The van der Waals surface area contributed by atoms with Gasteiger partial charge in [0.25, 0.3) is 0 Å². The Balaban J connectivity index is 1.71. The predicted molar refractivity (Wildman–Crippen MR) is 87.5 cm³/mol. The molecule has 2 rings (SSSR count). The number of ether oxygens (including phenoxy) is 1. The molecule has 1 N–H and O–H groups in total. The van der Waals surface area contributed by atoms with E-state index in [9.17, 15) is 0 Å². The van der Waals surface area contributed by atoms with Gasteiger partial charge in [-0.25, -0.2) is 0 Å². The number of benzene rings is 2. The molecule has 0 saturated carbocycles. The van der Waals surface area contributed by atoms with Crippen molar-refractivity contribution in [1.82, 2.24) is 0 Å². The molecular formula is C17H22O2S. The van der Waals surface area contributed by atoms with Crippen LogP contribution in [0.15, 0.2) is 42.5 Å². The fourth-order valence-electron chi connectivity index (χ4n) is 2.18. The van der Waals surface area contributed by atoms with Crippen LogP contribution in [0.2, 0.25) is 0 Å². The Morgan fingerprint density at radius 2 is 1.80 bits per heavy atom. The molecule has 0 unspecified atom stereocenters. The summed E-state index contributed by atoms with van der Waals surface area (Å²) in [6.45, 7) is 1.85. The van der Waals surface area contributed by atoms with Gasteiger partial charge in [0.1, 0.15) is 0 Å². The van der Waals surface area contributed by atoms with Crippen LogP contribution in [-0.2, 0) is 11.2 Å². The SMILES string of the molecule is OCCCSCCOCCc1cccc2ccccc12. The molecule has 3 heteroatoms. The first-order valence-corrected chi connectivity index (χ1v) is 8.30. The van der Waals surface area contributed by atoms with Crippen molar-refractivity contribution in [1.29, 1.82) is 0 Å². The lowest BCUT2D eigenvalue weighted by atomic mass is 10.0. The van der Waals surface area contributed by atoms with E-state index in [1.165, 1.54) is 16.3 Å². The molecule has 0 aliphatic heterocycles. The molecule has 0 aromatic heterocycles. The number of aliphatic hydroxyl groups is 1. The summed E-state index contributed by atoms with van der Waals surface area (Å²) < 4.78 is 5.68. The minimum atomic E-state index is 0.287. The molecular weight excluding hydrogens is 268 g/mol. The summed E-state index contributed by atoms with van der Waals surface area (Å²) in [6.07, 6.45) is 1.84. The molecule has 0 spiro atoms. The van der Waals surface area contributed by atoms with E-state index in [-0.39, 0.29) is 6.61 Å². The summed E-state index contributed by atoms with van der Waals surface area (Å²) in [6, 6.07) is 14.9. The quantitative estimate of drug-likeness (QED) is 0.717. The van der Waals surface area contributed by atoms with Crippen molar-refractivity contribution in [2.45, 2.75) is 12.8 Å². The molecule has 0 aliphatic rings. The van der Waals surface area contributed by atoms with Gasteiger partial charge in [0.15, 0.2) is 0 Å². The standard InChI is InChI=1S/C17H22O2S/c18-10-4-13-20-14-12-19-11-9-16-7-3-6-15-5-1-2-8-17(15)16/h1-3,5-8,18H,4,9-14H2. The molecule has 0 fully saturated rings. The van der Waals surface area contributed by atoms with Gasteiger partial charge in [-0.2, -0.15) is 11.8 Å². The summed E-state index contributed by atoms with van der Waals surface area (Å²) in [4.78, 5) is 0. The first-order chi connectivity index (χ1) is 9.92. The summed E-state index contributed by atoms with van der Waals surface area (Å²) >= 11 is 1.84. The Morgan fingerprint density at radius 3 is 2.70 bits per heavy atom. The Morgan fingerprint density at radius 1 is 0.950 bits per heavy atom. The summed E-state index contributed by atoms with van der Waals surface area (Å²) in [5.41, 5.74) is 1.36. The third-order valence-corrected chi connectivity index (χ3v) is 4.25. The van der Waals surface area contributed by atoms with Gasteiger partial charge in [-0.15, -0.1) is 0 Å². The van der Waals surface area contributed by atoms with Crippen LogP contribution in [0.25, 0.3) is 10.8 Å². The number of rotatable bonds is 9. The van der Waals surface area contributed by atoms with Crippen molar-refractivity contribution in [3.63, 3.8) is 0 Å². The molecule has 0 saturated heterocycles. The fourth-order valence-corrected chi connectivity index (χ4v) is 2.95. The maximum Gasteiger partial charge on any atom is 0.0556 e. The average molecular weight is 290 g/mol. The zero-order valence-corrected chi connectivity index (χ0v) is 12.6. The largest absolute Gasteiger partial charge is 0.396 e. The molecule has 2 aromatic carbocycles. The number of fused-ring (bicyclic) bond motifs is 1. The summed E-state index contributed by atoms with van der Waals surface area (Å²) in [5.74, 6) is 2.03. The highest BCUT2D eigenvalue weighted by molar-refractivity contribution is 7.99.